The third-order valence-electron chi connectivity index (χ3n) is 5.50. The van der Waals surface area contributed by atoms with Crippen LogP contribution in [0.4, 0.5) is 0 Å². The van der Waals surface area contributed by atoms with Crippen molar-refractivity contribution < 1.29 is 0 Å². The van der Waals surface area contributed by atoms with E-state index >= 15 is 0 Å². The van der Waals surface area contributed by atoms with Crippen LogP contribution in [0.15, 0.2) is 0 Å². The quantitative estimate of drug-likeness (QED) is 0.713. The molecule has 0 aliphatic heterocycles. The Bertz CT molecular complexity index is 297. The smallest absolute Gasteiger partial charge is 0.0362 e. The molecule has 2 unspecified atom stereocenters. The Morgan fingerprint density at radius 2 is 1.52 bits per heavy atom. The van der Waals surface area contributed by atoms with Crippen LogP contribution in [0.25, 0.3) is 0 Å². The zero-order valence-corrected chi connectivity index (χ0v) is 15.7. The van der Waals surface area contributed by atoms with Crippen molar-refractivity contribution in [3.8, 4) is 0 Å². The van der Waals surface area contributed by atoms with Crippen molar-refractivity contribution in [3.05, 3.63) is 0 Å². The first-order valence-electron chi connectivity index (χ1n) is 9.08. The van der Waals surface area contributed by atoms with Gasteiger partial charge >= 0.3 is 0 Å². The lowest BCUT2D eigenvalue weighted by Gasteiger charge is -2.45. The maximum atomic E-state index is 6.35. The Morgan fingerprint density at radius 3 is 1.81 bits per heavy atom. The van der Waals surface area contributed by atoms with E-state index in [1.165, 1.54) is 38.8 Å². The summed E-state index contributed by atoms with van der Waals surface area (Å²) in [5.74, 6) is 2.24. The number of hydrogen-bond donors (Lipinski definition) is 1. The molecule has 2 nitrogen and oxygen atoms in total. The van der Waals surface area contributed by atoms with Crippen LogP contribution < -0.4 is 5.73 Å². The standard InChI is InChI=1S/C19H40N2/c1-15(2)8-10-21(11-9-16(3)4)19(14-20)13-18(6,7)12-17(19)5/h15-17H,8-14,20H2,1-7H3. The van der Waals surface area contributed by atoms with E-state index < -0.39 is 0 Å². The van der Waals surface area contributed by atoms with Gasteiger partial charge in [0.25, 0.3) is 0 Å². The minimum absolute atomic E-state index is 0.229. The molecule has 0 heterocycles. The summed E-state index contributed by atoms with van der Waals surface area (Å²) < 4.78 is 0. The zero-order valence-electron chi connectivity index (χ0n) is 15.7. The lowest BCUT2D eigenvalue weighted by atomic mass is 9.83. The normalized spacial score (nSPS) is 29.0. The highest BCUT2D eigenvalue weighted by Gasteiger charge is 2.50. The molecule has 0 spiro atoms. The van der Waals surface area contributed by atoms with Crippen molar-refractivity contribution in [2.45, 2.75) is 79.7 Å². The number of rotatable bonds is 8. The first-order valence-corrected chi connectivity index (χ1v) is 9.08. The molecule has 2 atom stereocenters. The molecule has 2 heteroatoms. The molecule has 0 saturated heterocycles. The molecule has 0 bridgehead atoms. The number of nitrogens with two attached hydrogens (primary N) is 1. The lowest BCUT2D eigenvalue weighted by molar-refractivity contribution is 0.0500. The molecule has 1 saturated carbocycles. The second-order valence-corrected chi connectivity index (χ2v) is 9.11. The second kappa shape index (κ2) is 7.46. The fraction of sp³-hybridized carbons (Fsp3) is 1.00. The minimum Gasteiger partial charge on any atom is -0.329 e. The van der Waals surface area contributed by atoms with Gasteiger partial charge < -0.3 is 5.73 Å². The molecule has 1 fully saturated rings. The molecular weight excluding hydrogens is 256 g/mol. The summed E-state index contributed by atoms with van der Waals surface area (Å²) in [6.45, 7) is 19.8. The van der Waals surface area contributed by atoms with Gasteiger partial charge in [0.15, 0.2) is 0 Å². The van der Waals surface area contributed by atoms with Gasteiger partial charge in [-0.05, 0) is 61.9 Å². The molecule has 2 N–H and O–H groups in total. The summed E-state index contributed by atoms with van der Waals surface area (Å²) >= 11 is 0. The Labute approximate surface area is 133 Å². The summed E-state index contributed by atoms with van der Waals surface area (Å²) in [5, 5.41) is 0. The molecule has 0 amide bonds. The highest BCUT2D eigenvalue weighted by atomic mass is 15.2. The van der Waals surface area contributed by atoms with Crippen LogP contribution in [0.1, 0.15) is 74.1 Å². The van der Waals surface area contributed by atoms with E-state index in [0.717, 1.165) is 18.4 Å². The highest BCUT2D eigenvalue weighted by molar-refractivity contribution is 5.06. The van der Waals surface area contributed by atoms with E-state index in [2.05, 4.69) is 53.4 Å². The largest absolute Gasteiger partial charge is 0.329 e. The van der Waals surface area contributed by atoms with E-state index in [-0.39, 0.29) is 5.54 Å². The van der Waals surface area contributed by atoms with Crippen molar-refractivity contribution in [2.24, 2.45) is 28.9 Å². The monoisotopic (exact) mass is 296 g/mol. The Balaban J connectivity index is 2.91. The molecule has 21 heavy (non-hydrogen) atoms. The molecule has 0 radical (unpaired) electrons. The maximum absolute atomic E-state index is 6.35. The molecule has 1 rings (SSSR count). The number of hydrogen-bond acceptors (Lipinski definition) is 2. The molecule has 0 aromatic heterocycles. The maximum Gasteiger partial charge on any atom is 0.0362 e. The van der Waals surface area contributed by atoms with Gasteiger partial charge in [0.2, 0.25) is 0 Å². The second-order valence-electron chi connectivity index (χ2n) is 9.11. The van der Waals surface area contributed by atoms with Crippen LogP contribution in [0.5, 0.6) is 0 Å². The van der Waals surface area contributed by atoms with Crippen LogP contribution in [0, 0.1) is 23.2 Å². The highest BCUT2D eigenvalue weighted by Crippen LogP contribution is 2.50. The summed E-state index contributed by atoms with van der Waals surface area (Å²) in [5.41, 5.74) is 7.02. The van der Waals surface area contributed by atoms with Crippen molar-refractivity contribution in [3.63, 3.8) is 0 Å². The molecule has 0 aromatic rings. The zero-order chi connectivity index (χ0) is 16.3. The van der Waals surface area contributed by atoms with Crippen LogP contribution >= 0.6 is 0 Å². The summed E-state index contributed by atoms with van der Waals surface area (Å²) in [4.78, 5) is 2.77. The predicted molar refractivity (Wildman–Crippen MR) is 94.4 cm³/mol. The van der Waals surface area contributed by atoms with E-state index in [1.807, 2.05) is 0 Å². The topological polar surface area (TPSA) is 29.3 Å². The van der Waals surface area contributed by atoms with E-state index in [1.54, 1.807) is 0 Å². The van der Waals surface area contributed by atoms with Gasteiger partial charge in [-0.15, -0.1) is 0 Å². The van der Waals surface area contributed by atoms with Crippen molar-refractivity contribution in [1.29, 1.82) is 0 Å². The van der Waals surface area contributed by atoms with Crippen molar-refractivity contribution in [2.75, 3.05) is 19.6 Å². The van der Waals surface area contributed by atoms with Crippen LogP contribution in [0.3, 0.4) is 0 Å². The first-order chi connectivity index (χ1) is 9.63. The average Bonchev–Trinajstić information content (AvgIpc) is 2.58. The summed E-state index contributed by atoms with van der Waals surface area (Å²) in [6.07, 6.45) is 5.14. The fourth-order valence-corrected chi connectivity index (χ4v) is 4.31. The Hall–Kier alpha value is -0.0800. The van der Waals surface area contributed by atoms with Gasteiger partial charge in [-0.2, -0.15) is 0 Å². The van der Waals surface area contributed by atoms with E-state index in [4.69, 9.17) is 5.73 Å². The molecular formula is C19H40N2. The third kappa shape index (κ3) is 4.96. The van der Waals surface area contributed by atoms with Gasteiger partial charge in [-0.25, -0.2) is 0 Å². The van der Waals surface area contributed by atoms with Gasteiger partial charge in [0, 0.05) is 12.1 Å². The van der Waals surface area contributed by atoms with Crippen LogP contribution in [-0.2, 0) is 0 Å². The van der Waals surface area contributed by atoms with Crippen molar-refractivity contribution >= 4 is 0 Å². The van der Waals surface area contributed by atoms with E-state index in [0.29, 0.717) is 11.3 Å². The summed E-state index contributed by atoms with van der Waals surface area (Å²) in [6, 6.07) is 0. The Morgan fingerprint density at radius 1 is 1.05 bits per heavy atom. The molecule has 0 aromatic carbocycles. The minimum atomic E-state index is 0.229. The Kier molecular flexibility index (Phi) is 6.74. The SMILES string of the molecule is CC(C)CCN(CCC(C)C)C1(CN)CC(C)(C)CC1C. The lowest BCUT2D eigenvalue weighted by Crippen LogP contribution is -2.57. The predicted octanol–water partition coefficient (Wildman–Crippen LogP) is 4.53. The van der Waals surface area contributed by atoms with Gasteiger partial charge in [-0.3, -0.25) is 4.90 Å². The number of nitrogens with zero attached hydrogens (tertiary/aromatic N) is 1. The summed E-state index contributed by atoms with van der Waals surface area (Å²) in [7, 11) is 0. The van der Waals surface area contributed by atoms with Crippen molar-refractivity contribution in [1.82, 2.24) is 4.90 Å². The van der Waals surface area contributed by atoms with Gasteiger partial charge in [-0.1, -0.05) is 48.5 Å². The molecule has 1 aliphatic rings. The van der Waals surface area contributed by atoms with Gasteiger partial charge in [0.1, 0.15) is 0 Å². The average molecular weight is 297 g/mol. The van der Waals surface area contributed by atoms with Crippen LogP contribution in [-0.4, -0.2) is 30.1 Å². The van der Waals surface area contributed by atoms with Crippen LogP contribution in [0.2, 0.25) is 0 Å². The van der Waals surface area contributed by atoms with E-state index in [9.17, 15) is 0 Å². The first kappa shape index (κ1) is 19.0. The third-order valence-corrected chi connectivity index (χ3v) is 5.50. The fourth-order valence-electron chi connectivity index (χ4n) is 4.31. The molecule has 1 aliphatic carbocycles. The van der Waals surface area contributed by atoms with Gasteiger partial charge in [0.05, 0.1) is 0 Å². The molecule has 126 valence electrons.